The van der Waals surface area contributed by atoms with Crippen molar-refractivity contribution in [2.45, 2.75) is 31.3 Å². The summed E-state index contributed by atoms with van der Waals surface area (Å²) >= 11 is 0. The van der Waals surface area contributed by atoms with E-state index >= 15 is 0 Å². The first-order valence-electron chi connectivity index (χ1n) is 3.59. The number of ketones is 1. The Hall–Kier alpha value is -0.820. The van der Waals surface area contributed by atoms with Gasteiger partial charge in [-0.2, -0.15) is 0 Å². The number of aliphatic hydroxyl groups excluding tert-OH is 4. The Labute approximate surface area is 74.4 Å². The van der Waals surface area contributed by atoms with Crippen LogP contribution >= 0.6 is 0 Å². The molecule has 4 N–H and O–H groups in total. The van der Waals surface area contributed by atoms with E-state index in [-0.39, 0.29) is 6.29 Å². The lowest BCUT2D eigenvalue weighted by Crippen LogP contribution is -2.47. The highest BCUT2D eigenvalue weighted by atomic mass is 16.4. The van der Waals surface area contributed by atoms with Gasteiger partial charge < -0.3 is 25.2 Å². The van der Waals surface area contributed by atoms with Crippen molar-refractivity contribution in [2.24, 2.45) is 0 Å². The van der Waals surface area contributed by atoms with Crippen LogP contribution in [0.4, 0.5) is 0 Å². The monoisotopic (exact) mass is 192 g/mol. The van der Waals surface area contributed by atoms with Gasteiger partial charge in [0.2, 0.25) is 0 Å². The average Bonchev–Trinajstić information content (AvgIpc) is 2.12. The molecule has 0 saturated carbocycles. The van der Waals surface area contributed by atoms with Gasteiger partial charge in [0, 0.05) is 0 Å². The summed E-state index contributed by atoms with van der Waals surface area (Å²) in [6.07, 6.45) is -7.34. The molecule has 0 aromatic carbocycles. The molecule has 76 valence electrons. The smallest absolute Gasteiger partial charge is 0.160 e. The Morgan fingerprint density at radius 2 is 1.62 bits per heavy atom. The number of carbonyl (C=O) groups excluding carboxylic acids is 2. The molecular weight excluding hydrogens is 180 g/mol. The minimum absolute atomic E-state index is 0.000737. The van der Waals surface area contributed by atoms with Gasteiger partial charge in [-0.25, -0.2) is 0 Å². The molecular formula is C7H12O6. The van der Waals surface area contributed by atoms with Gasteiger partial charge in [-0.05, 0) is 6.92 Å². The molecule has 0 saturated heterocycles. The third-order valence-electron chi connectivity index (χ3n) is 1.58. The molecule has 0 amide bonds. The molecule has 0 fully saturated rings. The Bertz CT molecular complexity index is 191. The quantitative estimate of drug-likeness (QED) is 0.350. The number of rotatable bonds is 5. The molecule has 4 atom stereocenters. The van der Waals surface area contributed by atoms with Gasteiger partial charge in [0.1, 0.15) is 24.4 Å². The Morgan fingerprint density at radius 3 is 1.92 bits per heavy atom. The Kier molecular flexibility index (Phi) is 4.71. The van der Waals surface area contributed by atoms with E-state index in [1.807, 2.05) is 0 Å². The van der Waals surface area contributed by atoms with Crippen LogP contribution in [0.2, 0.25) is 0 Å². The molecule has 0 aliphatic heterocycles. The SMILES string of the molecule is CC(=O)C(O)C(O)C(O)C(O)C=O. The van der Waals surface area contributed by atoms with Crippen molar-refractivity contribution in [3.05, 3.63) is 0 Å². The van der Waals surface area contributed by atoms with E-state index in [9.17, 15) is 9.59 Å². The second-order valence-corrected chi connectivity index (χ2v) is 2.66. The fraction of sp³-hybridized carbons (Fsp3) is 0.714. The Balaban J connectivity index is 4.32. The minimum Gasteiger partial charge on any atom is -0.387 e. The molecule has 4 unspecified atom stereocenters. The molecule has 0 spiro atoms. The lowest BCUT2D eigenvalue weighted by atomic mass is 10.0. The highest BCUT2D eigenvalue weighted by Crippen LogP contribution is 2.04. The van der Waals surface area contributed by atoms with Crippen molar-refractivity contribution in [3.63, 3.8) is 0 Å². The number of aliphatic hydroxyl groups is 4. The second-order valence-electron chi connectivity index (χ2n) is 2.66. The number of Topliss-reactive ketones (excluding diaryl/α,β-unsaturated/α-hetero) is 1. The predicted molar refractivity (Wildman–Crippen MR) is 40.8 cm³/mol. The number of hydrogen-bond acceptors (Lipinski definition) is 6. The van der Waals surface area contributed by atoms with E-state index in [0.717, 1.165) is 6.92 Å². The van der Waals surface area contributed by atoms with Crippen molar-refractivity contribution in [1.29, 1.82) is 0 Å². The summed E-state index contributed by atoms with van der Waals surface area (Å²) in [5, 5.41) is 35.6. The molecule has 13 heavy (non-hydrogen) atoms. The zero-order valence-corrected chi connectivity index (χ0v) is 6.99. The van der Waals surface area contributed by atoms with Gasteiger partial charge in [0.05, 0.1) is 0 Å². The molecule has 6 nitrogen and oxygen atoms in total. The van der Waals surface area contributed by atoms with E-state index < -0.39 is 30.2 Å². The highest BCUT2D eigenvalue weighted by Gasteiger charge is 2.32. The Morgan fingerprint density at radius 1 is 1.15 bits per heavy atom. The van der Waals surface area contributed by atoms with E-state index in [1.165, 1.54) is 0 Å². The summed E-state index contributed by atoms with van der Waals surface area (Å²) in [5.41, 5.74) is 0. The van der Waals surface area contributed by atoms with Gasteiger partial charge in [-0.3, -0.25) is 4.79 Å². The van der Waals surface area contributed by atoms with Crippen LogP contribution in [-0.4, -0.2) is 56.9 Å². The molecule has 0 heterocycles. The summed E-state index contributed by atoms with van der Waals surface area (Å²) in [6, 6.07) is 0. The lowest BCUT2D eigenvalue weighted by Gasteiger charge is -2.22. The van der Waals surface area contributed by atoms with Crippen LogP contribution in [-0.2, 0) is 9.59 Å². The maximum atomic E-state index is 10.5. The summed E-state index contributed by atoms with van der Waals surface area (Å²) < 4.78 is 0. The highest BCUT2D eigenvalue weighted by molar-refractivity contribution is 5.80. The first kappa shape index (κ1) is 12.2. The number of hydrogen-bond donors (Lipinski definition) is 4. The van der Waals surface area contributed by atoms with E-state index in [2.05, 4.69) is 0 Å². The lowest BCUT2D eigenvalue weighted by molar-refractivity contribution is -0.146. The van der Waals surface area contributed by atoms with Crippen LogP contribution in [0.1, 0.15) is 6.92 Å². The standard InChI is InChI=1S/C7H12O6/c1-3(9)5(11)7(13)6(12)4(10)2-8/h2,4-7,10-13H,1H3. The first-order valence-corrected chi connectivity index (χ1v) is 3.59. The summed E-state index contributed by atoms with van der Waals surface area (Å²) in [7, 11) is 0. The molecule has 6 heteroatoms. The first-order chi connectivity index (χ1) is 5.91. The van der Waals surface area contributed by atoms with E-state index in [1.54, 1.807) is 0 Å². The maximum absolute atomic E-state index is 10.5. The molecule has 0 bridgehead atoms. The molecule has 0 aromatic heterocycles. The maximum Gasteiger partial charge on any atom is 0.160 e. The summed E-state index contributed by atoms with van der Waals surface area (Å²) in [4.78, 5) is 20.5. The molecule has 0 aromatic rings. The molecule has 0 radical (unpaired) electrons. The van der Waals surface area contributed by atoms with Crippen LogP contribution in [0, 0.1) is 0 Å². The molecule has 0 aliphatic rings. The van der Waals surface area contributed by atoms with Crippen LogP contribution in [0.3, 0.4) is 0 Å². The van der Waals surface area contributed by atoms with Gasteiger partial charge in [0.25, 0.3) is 0 Å². The van der Waals surface area contributed by atoms with Gasteiger partial charge in [-0.15, -0.1) is 0 Å². The van der Waals surface area contributed by atoms with Crippen molar-refractivity contribution < 1.29 is 30.0 Å². The average molecular weight is 192 g/mol. The number of carbonyl (C=O) groups is 2. The van der Waals surface area contributed by atoms with Crippen molar-refractivity contribution in [1.82, 2.24) is 0 Å². The normalized spacial score (nSPS) is 20.1. The zero-order chi connectivity index (χ0) is 10.6. The molecule has 0 rings (SSSR count). The largest absolute Gasteiger partial charge is 0.387 e. The van der Waals surface area contributed by atoms with Crippen LogP contribution in [0.25, 0.3) is 0 Å². The van der Waals surface area contributed by atoms with Gasteiger partial charge in [0.15, 0.2) is 12.1 Å². The van der Waals surface area contributed by atoms with Crippen molar-refractivity contribution in [2.75, 3.05) is 0 Å². The van der Waals surface area contributed by atoms with Crippen LogP contribution in [0.5, 0.6) is 0 Å². The zero-order valence-electron chi connectivity index (χ0n) is 6.99. The van der Waals surface area contributed by atoms with Gasteiger partial charge in [-0.1, -0.05) is 0 Å². The number of aldehydes is 1. The third-order valence-corrected chi connectivity index (χ3v) is 1.58. The predicted octanol–water partition coefficient (Wildman–Crippen LogP) is -2.78. The third kappa shape index (κ3) is 3.19. The van der Waals surface area contributed by atoms with Crippen molar-refractivity contribution >= 4 is 12.1 Å². The minimum atomic E-state index is -1.86. The fourth-order valence-electron chi connectivity index (χ4n) is 0.710. The van der Waals surface area contributed by atoms with E-state index in [4.69, 9.17) is 20.4 Å². The second kappa shape index (κ2) is 5.03. The fourth-order valence-corrected chi connectivity index (χ4v) is 0.710. The van der Waals surface area contributed by atoms with Crippen molar-refractivity contribution in [3.8, 4) is 0 Å². The summed E-state index contributed by atoms with van der Waals surface area (Å²) in [5.74, 6) is -0.760. The van der Waals surface area contributed by atoms with E-state index in [0.29, 0.717) is 0 Å². The topological polar surface area (TPSA) is 115 Å². The van der Waals surface area contributed by atoms with Crippen LogP contribution in [0.15, 0.2) is 0 Å². The van der Waals surface area contributed by atoms with Gasteiger partial charge >= 0.3 is 0 Å². The summed E-state index contributed by atoms with van der Waals surface area (Å²) in [6.45, 7) is 1.01. The van der Waals surface area contributed by atoms with Crippen LogP contribution < -0.4 is 0 Å². The molecule has 0 aliphatic carbocycles.